The minimum atomic E-state index is -0.184. The fraction of sp³-hybridized carbons (Fsp3) is 0.381. The number of rotatable bonds is 2. The molecule has 2 aromatic rings. The van der Waals surface area contributed by atoms with Crippen molar-refractivity contribution < 1.29 is 14.3 Å². The number of nitrogens with one attached hydrogen (secondary N) is 1. The number of nitrogens with zero attached hydrogens (tertiary/aromatic N) is 1. The number of amides is 1. The predicted octanol–water partition coefficient (Wildman–Crippen LogP) is 3.97. The zero-order chi connectivity index (χ0) is 17.5. The summed E-state index contributed by atoms with van der Waals surface area (Å²) in [5.41, 5.74) is 2.68. The van der Waals surface area contributed by atoms with Crippen LogP contribution in [0.3, 0.4) is 0 Å². The molecule has 2 heterocycles. The van der Waals surface area contributed by atoms with E-state index in [1.807, 2.05) is 47.4 Å². The van der Waals surface area contributed by atoms with E-state index in [1.165, 1.54) is 12.8 Å². The highest BCUT2D eigenvalue weighted by Crippen LogP contribution is 2.41. The zero-order valence-corrected chi connectivity index (χ0v) is 14.6. The number of fused-ring (bicyclic) bond motifs is 2. The molecule has 1 amide bonds. The van der Waals surface area contributed by atoms with E-state index < -0.39 is 0 Å². The Morgan fingerprint density at radius 2 is 1.73 bits per heavy atom. The highest BCUT2D eigenvalue weighted by Gasteiger charge is 2.38. The van der Waals surface area contributed by atoms with Gasteiger partial charge in [0.05, 0.1) is 5.56 Å². The SMILES string of the molecule is O=C1c2ccccc2NC(c2ccc3c(c2)OCCO3)N1C1CCCC1. The molecule has 26 heavy (non-hydrogen) atoms. The van der Waals surface area contributed by atoms with Crippen LogP contribution in [-0.4, -0.2) is 30.1 Å². The second-order valence-electron chi connectivity index (χ2n) is 7.15. The zero-order valence-electron chi connectivity index (χ0n) is 14.6. The molecule has 0 bridgehead atoms. The van der Waals surface area contributed by atoms with Crippen molar-refractivity contribution in [1.82, 2.24) is 4.90 Å². The Morgan fingerprint density at radius 3 is 2.58 bits per heavy atom. The topological polar surface area (TPSA) is 50.8 Å². The van der Waals surface area contributed by atoms with Gasteiger partial charge < -0.3 is 19.7 Å². The second-order valence-corrected chi connectivity index (χ2v) is 7.15. The van der Waals surface area contributed by atoms with Gasteiger partial charge in [0, 0.05) is 11.7 Å². The highest BCUT2D eigenvalue weighted by atomic mass is 16.6. The van der Waals surface area contributed by atoms with Gasteiger partial charge in [-0.2, -0.15) is 0 Å². The molecule has 134 valence electrons. The molecular weight excluding hydrogens is 328 g/mol. The van der Waals surface area contributed by atoms with Crippen LogP contribution in [0.5, 0.6) is 11.5 Å². The molecule has 1 fully saturated rings. The Kier molecular flexibility index (Phi) is 3.73. The van der Waals surface area contributed by atoms with Gasteiger partial charge in [-0.15, -0.1) is 0 Å². The van der Waals surface area contributed by atoms with Crippen molar-refractivity contribution in [2.75, 3.05) is 18.5 Å². The summed E-state index contributed by atoms with van der Waals surface area (Å²) >= 11 is 0. The molecule has 5 rings (SSSR count). The van der Waals surface area contributed by atoms with Gasteiger partial charge in [0.15, 0.2) is 11.5 Å². The first-order valence-electron chi connectivity index (χ1n) is 9.39. The molecule has 1 saturated carbocycles. The van der Waals surface area contributed by atoms with Crippen LogP contribution in [0.25, 0.3) is 0 Å². The van der Waals surface area contributed by atoms with Crippen LogP contribution in [0.2, 0.25) is 0 Å². The van der Waals surface area contributed by atoms with Gasteiger partial charge in [-0.05, 0) is 42.7 Å². The average Bonchev–Trinajstić information content (AvgIpc) is 3.22. The summed E-state index contributed by atoms with van der Waals surface area (Å²) in [6.45, 7) is 1.14. The summed E-state index contributed by atoms with van der Waals surface area (Å²) in [6.07, 6.45) is 4.32. The molecule has 5 heteroatoms. The van der Waals surface area contributed by atoms with Crippen LogP contribution >= 0.6 is 0 Å². The highest BCUT2D eigenvalue weighted by molar-refractivity contribution is 6.02. The van der Waals surface area contributed by atoms with E-state index in [9.17, 15) is 4.79 Å². The number of ether oxygens (including phenoxy) is 2. The average molecular weight is 350 g/mol. The van der Waals surface area contributed by atoms with Crippen LogP contribution in [-0.2, 0) is 0 Å². The van der Waals surface area contributed by atoms with E-state index in [2.05, 4.69) is 5.32 Å². The lowest BCUT2D eigenvalue weighted by atomic mass is 10.00. The first-order valence-corrected chi connectivity index (χ1v) is 9.39. The summed E-state index contributed by atoms with van der Waals surface area (Å²) in [5, 5.41) is 3.59. The van der Waals surface area contributed by atoms with Crippen LogP contribution in [0.15, 0.2) is 42.5 Å². The summed E-state index contributed by atoms with van der Waals surface area (Å²) in [7, 11) is 0. The number of anilines is 1. The van der Waals surface area contributed by atoms with E-state index in [1.54, 1.807) is 0 Å². The van der Waals surface area contributed by atoms with E-state index in [0.717, 1.165) is 41.2 Å². The molecule has 1 atom stereocenters. The van der Waals surface area contributed by atoms with Crippen LogP contribution in [0.1, 0.15) is 47.8 Å². The number of para-hydroxylation sites is 1. The fourth-order valence-electron chi connectivity index (χ4n) is 4.30. The minimum Gasteiger partial charge on any atom is -0.486 e. The molecule has 0 saturated heterocycles. The van der Waals surface area contributed by atoms with Crippen molar-refractivity contribution >= 4 is 11.6 Å². The number of carbonyl (C=O) groups is 1. The minimum absolute atomic E-state index is 0.117. The third-order valence-electron chi connectivity index (χ3n) is 5.56. The molecule has 0 radical (unpaired) electrons. The lowest BCUT2D eigenvalue weighted by molar-refractivity contribution is 0.0584. The van der Waals surface area contributed by atoms with Crippen LogP contribution in [0, 0.1) is 0 Å². The number of hydrogen-bond acceptors (Lipinski definition) is 4. The third kappa shape index (κ3) is 2.50. The maximum atomic E-state index is 13.3. The molecule has 1 aliphatic carbocycles. The molecule has 1 unspecified atom stereocenters. The molecule has 1 N–H and O–H groups in total. The van der Waals surface area contributed by atoms with Crippen molar-refractivity contribution in [3.63, 3.8) is 0 Å². The Bertz CT molecular complexity index is 845. The van der Waals surface area contributed by atoms with Crippen LogP contribution < -0.4 is 14.8 Å². The third-order valence-corrected chi connectivity index (χ3v) is 5.56. The van der Waals surface area contributed by atoms with E-state index >= 15 is 0 Å². The predicted molar refractivity (Wildman–Crippen MR) is 98.7 cm³/mol. The van der Waals surface area contributed by atoms with E-state index in [-0.39, 0.29) is 18.1 Å². The summed E-state index contributed by atoms with van der Waals surface area (Å²) in [6, 6.07) is 14.0. The Balaban J connectivity index is 1.57. The molecule has 0 spiro atoms. The standard InChI is InChI=1S/C21H22N2O3/c24-21-16-7-3-4-8-17(16)22-20(23(21)15-5-1-2-6-15)14-9-10-18-19(13-14)26-12-11-25-18/h3-4,7-10,13,15,20,22H,1-2,5-6,11-12H2. The van der Waals surface area contributed by atoms with Gasteiger partial charge in [0.2, 0.25) is 0 Å². The second kappa shape index (κ2) is 6.24. The lowest BCUT2D eigenvalue weighted by Crippen LogP contribution is -2.47. The van der Waals surface area contributed by atoms with Gasteiger partial charge in [0.25, 0.3) is 5.91 Å². The lowest BCUT2D eigenvalue weighted by Gasteiger charge is -2.42. The monoisotopic (exact) mass is 350 g/mol. The normalized spacial score (nSPS) is 22.1. The van der Waals surface area contributed by atoms with Crippen molar-refractivity contribution in [1.29, 1.82) is 0 Å². The van der Waals surface area contributed by atoms with Gasteiger partial charge in [-0.3, -0.25) is 4.79 Å². The molecule has 3 aliphatic rings. The van der Waals surface area contributed by atoms with Crippen molar-refractivity contribution in [3.05, 3.63) is 53.6 Å². The van der Waals surface area contributed by atoms with Crippen molar-refractivity contribution in [2.24, 2.45) is 0 Å². The van der Waals surface area contributed by atoms with Gasteiger partial charge in [-0.25, -0.2) is 0 Å². The maximum absolute atomic E-state index is 13.3. The van der Waals surface area contributed by atoms with Gasteiger partial charge >= 0.3 is 0 Å². The Labute approximate surface area is 152 Å². The fourth-order valence-corrected chi connectivity index (χ4v) is 4.30. The van der Waals surface area contributed by atoms with Gasteiger partial charge in [0.1, 0.15) is 19.4 Å². The van der Waals surface area contributed by atoms with Gasteiger partial charge in [-0.1, -0.05) is 31.0 Å². The smallest absolute Gasteiger partial charge is 0.258 e. The quantitative estimate of drug-likeness (QED) is 0.890. The Morgan fingerprint density at radius 1 is 0.962 bits per heavy atom. The number of hydrogen-bond donors (Lipinski definition) is 1. The van der Waals surface area contributed by atoms with Crippen LogP contribution in [0.4, 0.5) is 5.69 Å². The summed E-state index contributed by atoms with van der Waals surface area (Å²) < 4.78 is 11.4. The Hall–Kier alpha value is -2.69. The molecule has 2 aliphatic heterocycles. The van der Waals surface area contributed by atoms with E-state index in [4.69, 9.17) is 9.47 Å². The molecule has 0 aromatic heterocycles. The first kappa shape index (κ1) is 15.6. The number of carbonyl (C=O) groups excluding carboxylic acids is 1. The molecular formula is C21H22N2O3. The molecule has 5 nitrogen and oxygen atoms in total. The van der Waals surface area contributed by atoms with E-state index in [0.29, 0.717) is 13.2 Å². The maximum Gasteiger partial charge on any atom is 0.258 e. The van der Waals surface area contributed by atoms with Crippen molar-refractivity contribution in [3.8, 4) is 11.5 Å². The first-order chi connectivity index (χ1) is 12.8. The van der Waals surface area contributed by atoms with Crippen molar-refractivity contribution in [2.45, 2.75) is 37.9 Å². The summed E-state index contributed by atoms with van der Waals surface area (Å²) in [4.78, 5) is 15.3. The largest absolute Gasteiger partial charge is 0.486 e. The number of benzene rings is 2. The molecule has 2 aromatic carbocycles. The summed E-state index contributed by atoms with van der Waals surface area (Å²) in [5.74, 6) is 1.65.